The number of carboxylic acids is 1. The molecule has 39 heteroatoms. The number of carboxylic acid groups (broad SMARTS) is 1. The number of anilines is 1. The lowest BCUT2D eigenvalue weighted by Crippen LogP contribution is -2.55. The monoisotopic (exact) mass is 2090 g/mol. The Morgan fingerprint density at radius 3 is 1.39 bits per heavy atom. The summed E-state index contributed by atoms with van der Waals surface area (Å²) in [5.74, 6) is -6.64. The molecule has 150 heavy (non-hydrogen) atoms. The van der Waals surface area contributed by atoms with Crippen LogP contribution in [-0.2, 0) is 67.7 Å². The number of fused-ring (bicyclic) bond motifs is 6. The van der Waals surface area contributed by atoms with Gasteiger partial charge in [-0.3, -0.25) is 44.3 Å². The lowest BCUT2D eigenvalue weighted by molar-refractivity contribution is -0.445. The quantitative estimate of drug-likeness (QED) is 0.00433. The van der Waals surface area contributed by atoms with E-state index in [0.717, 1.165) is 87.7 Å². The van der Waals surface area contributed by atoms with E-state index in [1.807, 2.05) is 152 Å². The number of benzene rings is 11. The van der Waals surface area contributed by atoms with Gasteiger partial charge < -0.3 is 106 Å². The number of nitro groups is 1. The first-order valence-electron chi connectivity index (χ1n) is 48.4. The fourth-order valence-electron chi connectivity index (χ4n) is 15.5. The molecule has 0 fully saturated rings. The van der Waals surface area contributed by atoms with Gasteiger partial charge in [-0.15, -0.1) is 0 Å². The van der Waals surface area contributed by atoms with Gasteiger partial charge >= 0.3 is 18.1 Å². The molecule has 792 valence electrons. The van der Waals surface area contributed by atoms with E-state index in [2.05, 4.69) is 181 Å². The molecule has 0 spiro atoms. The van der Waals surface area contributed by atoms with Crippen LogP contribution in [0.1, 0.15) is 103 Å². The van der Waals surface area contributed by atoms with E-state index in [0.29, 0.717) is 79.7 Å². The molecule has 22 N–H and O–H groups in total. The van der Waals surface area contributed by atoms with Crippen LogP contribution in [0.25, 0.3) is 43.8 Å². The van der Waals surface area contributed by atoms with Gasteiger partial charge in [-0.25, -0.2) is 31.9 Å². The molecule has 0 bridgehead atoms. The smallest absolute Gasteiger partial charge is 0.407 e. The third-order valence-corrected chi connectivity index (χ3v) is 23.8. The van der Waals surface area contributed by atoms with Gasteiger partial charge in [0.25, 0.3) is 0 Å². The van der Waals surface area contributed by atoms with E-state index in [1.165, 1.54) is 53.6 Å². The third-order valence-electron chi connectivity index (χ3n) is 23.1. The van der Waals surface area contributed by atoms with Gasteiger partial charge in [0.05, 0.1) is 18.1 Å². The number of aliphatic carboxylic acids is 1. The number of amides is 7. The van der Waals surface area contributed by atoms with Crippen molar-refractivity contribution in [1.82, 2.24) is 62.0 Å². The summed E-state index contributed by atoms with van der Waals surface area (Å²) in [6.45, 7) is 7.27. The molecule has 3 heterocycles. The lowest BCUT2D eigenvalue weighted by Gasteiger charge is -2.24. The number of para-hydroxylation sites is 2. The summed E-state index contributed by atoms with van der Waals surface area (Å²) >= 11 is 12.8. The van der Waals surface area contributed by atoms with Crippen LogP contribution in [0.3, 0.4) is 0 Å². The number of aromatic amines is 1. The minimum atomic E-state index is -1.30. The van der Waals surface area contributed by atoms with Gasteiger partial charge in [0.2, 0.25) is 23.6 Å². The van der Waals surface area contributed by atoms with Crippen LogP contribution >= 0.6 is 23.2 Å². The summed E-state index contributed by atoms with van der Waals surface area (Å²) in [7, 11) is 7.03. The number of H-pyrrole nitrogens is 1. The zero-order valence-electron chi connectivity index (χ0n) is 84.4. The molecule has 0 radical (unpaired) electrons. The molecule has 0 saturated carbocycles. The maximum Gasteiger partial charge on any atom is 0.407 e. The fraction of sp³-hybridized carbons (Fsp3) is 0.261. The van der Waals surface area contributed by atoms with Gasteiger partial charge in [0.15, 0.2) is 48.2 Å². The van der Waals surface area contributed by atoms with Crippen molar-refractivity contribution in [3.8, 4) is 11.1 Å². The Hall–Kier alpha value is -16.6. The highest BCUT2D eigenvalue weighted by atomic mass is 35.5. The second kappa shape index (κ2) is 63.7. The molecule has 1 aliphatic rings. The number of guanidine groups is 3. The molecule has 0 aliphatic heterocycles. The standard InChI is InChI=1S/C39H40Cl2F2N8O3.C23H30F2N6O2.C22H26N4O4.C15H13N.C8H7N.C2H6.CH3NO2.CH5N/c1-45-38(44)46-17-6-11-33(36(52)47-22-24-7-3-2-4-8-24)49-37(53)34(20-25-12-15-31(42)32(43)19-25)50-39(54)48-27-14-13-26-16-18-51(35(26)21-27)23-28-29(40)9-5-10-30(28)41;1-28-23(27)29-11-5-8-20(22(33)30-14-15-6-3-2-4-7-15)31-21(32)19(26)13-16-9-10-17(24)18(25)12-16;1-24-21(23)25-12-6-11-19(20(27)28)26-22(29)30-13-18-16-9-4-2-7-14(16)15-8-3-5-10-17(15)18;1-2-6-13(7-3-1)12-16-11-10-14-8-4-5-9-15(14)16;1-2-4-8-7(3-1)5-6-9-8;1-2;1-2(3)4;1-2/h2-5,7-10,12-16,18-19,21,33-34H,6,11,17,20,22-23H2,1H3,(H,47,52)(H,49,53)(H3,44,45,46)(H2,48,50,54);2-4,6-7,9-10,12,19-20H,5,8,11,13-14,26H2,1H3,(H,30,33)(H,31,32)(H3,27,28,29);2-5,7-10,18-19H,6,11-13H2,1H3,(H,26,29)(H,27,28)(H3,23,24,25);1-11H,12H2;1-6,9H;1-2H3;1H3;2H2,1H3/t33-,34-;19-,20-;19-;;;;;/m000...../s1. The highest BCUT2D eigenvalue weighted by molar-refractivity contribution is 6.36. The maximum atomic E-state index is 14.2. The number of nitrogens with one attached hydrogen (secondary N) is 11. The molecule has 3 aromatic heterocycles. The number of rotatable bonds is 36. The van der Waals surface area contributed by atoms with E-state index >= 15 is 0 Å². The number of carbonyl (C=O) groups is 7. The van der Waals surface area contributed by atoms with Crippen LogP contribution in [0.15, 0.2) is 313 Å². The first-order chi connectivity index (χ1) is 72.4. The van der Waals surface area contributed by atoms with Crippen molar-refractivity contribution in [1.29, 1.82) is 0 Å². The summed E-state index contributed by atoms with van der Waals surface area (Å²) in [5.41, 5.74) is 40.0. The predicted molar refractivity (Wildman–Crippen MR) is 586 cm³/mol. The molecular weight excluding hydrogens is 1960 g/mol. The first-order valence-corrected chi connectivity index (χ1v) is 49.2. The van der Waals surface area contributed by atoms with Crippen LogP contribution in [-0.4, -0.2) is 175 Å². The van der Waals surface area contributed by atoms with Crippen molar-refractivity contribution in [3.05, 3.63) is 386 Å². The molecule has 1 aliphatic carbocycles. The number of carbonyl (C=O) groups excluding carboxylic acids is 6. The summed E-state index contributed by atoms with van der Waals surface area (Å²) in [6.07, 6.45) is 7.24. The second-order valence-electron chi connectivity index (χ2n) is 33.5. The Morgan fingerprint density at radius 1 is 0.460 bits per heavy atom. The minimum Gasteiger partial charge on any atom is -0.480 e. The Morgan fingerprint density at radius 2 is 0.900 bits per heavy atom. The van der Waals surface area contributed by atoms with Crippen LogP contribution < -0.4 is 81.8 Å². The molecule has 11 aromatic carbocycles. The van der Waals surface area contributed by atoms with E-state index in [4.69, 9.17) is 61.0 Å². The van der Waals surface area contributed by atoms with Crippen molar-refractivity contribution in [3.63, 3.8) is 0 Å². The molecule has 15 rings (SSSR count). The number of ether oxygens (including phenoxy) is 1. The second-order valence-corrected chi connectivity index (χ2v) is 34.3. The zero-order valence-corrected chi connectivity index (χ0v) is 85.9. The number of halogens is 6. The number of aliphatic imine (C=N–C) groups is 3. The van der Waals surface area contributed by atoms with E-state index < -0.39 is 94.2 Å². The first kappa shape index (κ1) is 119. The van der Waals surface area contributed by atoms with Crippen molar-refractivity contribution < 1.29 is 65.9 Å². The van der Waals surface area contributed by atoms with Gasteiger partial charge in [-0.05, 0) is 197 Å². The number of hydrogen-bond donors (Lipinski definition) is 17. The maximum absolute atomic E-state index is 14.2. The van der Waals surface area contributed by atoms with Crippen LogP contribution in [0, 0.1) is 33.4 Å². The largest absolute Gasteiger partial charge is 0.480 e. The zero-order chi connectivity index (χ0) is 109. The Labute approximate surface area is 878 Å². The number of aromatic nitrogens is 3. The highest BCUT2D eigenvalue weighted by Crippen LogP contribution is 2.45. The average molecular weight is 2100 g/mol. The van der Waals surface area contributed by atoms with E-state index in [9.17, 15) is 56.2 Å². The molecule has 0 saturated heterocycles. The summed E-state index contributed by atoms with van der Waals surface area (Å²) in [6, 6.07) is 79.2. The molecule has 33 nitrogen and oxygen atoms in total. The third kappa shape index (κ3) is 39.3. The minimum absolute atomic E-state index is 0.00750. The highest BCUT2D eigenvalue weighted by Gasteiger charge is 2.32. The summed E-state index contributed by atoms with van der Waals surface area (Å²) in [4.78, 5) is 113. The van der Waals surface area contributed by atoms with E-state index in [-0.39, 0.29) is 74.1 Å². The number of hydrogen-bond acceptors (Lipinski definition) is 15. The van der Waals surface area contributed by atoms with Crippen molar-refractivity contribution in [2.24, 2.45) is 43.6 Å². The molecule has 0 unspecified atom stereocenters. The van der Waals surface area contributed by atoms with Crippen molar-refractivity contribution >= 4 is 121 Å². The van der Waals surface area contributed by atoms with Gasteiger partial charge in [0.1, 0.15) is 30.8 Å². The SMILES string of the molecule is CC.CN.CN=C(N)NCCC[C@H](NC(=O)OCC1c2ccccc2-c2ccccc21)C(=O)O.CN=C(N)NCCC[C@H](NC(=O)[C@@H](N)Cc1ccc(F)c(F)c1)C(=O)NCc1ccccc1.CN=C(N)NCCC[C@H](NC(=O)[C@H](Cc1ccc(F)c(F)c1)NC(=O)Nc1ccc2ccn(Cc3c(Cl)cccc3Cl)c2c1)C(=O)NCc1ccccc1.C[N+](=O)[O-].c1ccc(Cn2ccc3ccccc32)cc1.c1ccc2[nH]ccc2c1. The van der Waals surface area contributed by atoms with Crippen molar-refractivity contribution in [2.75, 3.05) is 66.8 Å². The predicted octanol–water partition coefficient (Wildman–Crippen LogP) is 15.7. The molecule has 5 atom stereocenters. The number of urea groups is 1. The fourth-order valence-corrected chi connectivity index (χ4v) is 16.0. The summed E-state index contributed by atoms with van der Waals surface area (Å²) < 4.78 is 64.2. The number of nitrogens with zero attached hydrogens (tertiary/aromatic N) is 6. The topological polar surface area (TPSA) is 505 Å². The van der Waals surface area contributed by atoms with Gasteiger partial charge in [0, 0.05) is 129 Å². The number of alkyl carbamates (subject to hydrolysis) is 1. The Bertz CT molecular complexity index is 6670. The van der Waals surface area contributed by atoms with E-state index in [1.54, 1.807) is 44.4 Å². The lowest BCUT2D eigenvalue weighted by atomic mass is 9.98. The summed E-state index contributed by atoms with van der Waals surface area (Å²) in [5, 5.41) is 50.3. The van der Waals surface area contributed by atoms with Crippen LogP contribution in [0.5, 0.6) is 0 Å². The van der Waals surface area contributed by atoms with Crippen LogP contribution in [0.2, 0.25) is 10.0 Å². The Balaban J connectivity index is 0.000000244. The van der Waals surface area contributed by atoms with Gasteiger partial charge in [-0.2, -0.15) is 0 Å². The normalized spacial score (nSPS) is 12.2. The van der Waals surface area contributed by atoms with Crippen molar-refractivity contribution in [2.45, 2.75) is 128 Å². The van der Waals surface area contributed by atoms with Gasteiger partial charge in [-0.1, -0.05) is 237 Å². The average Bonchev–Trinajstić information content (AvgIpc) is 1.61. The molecular formula is C111H130Cl2F4N22O11. The molecule has 7 amide bonds. The Kier molecular flexibility index (Phi) is 50.4. The molecule has 14 aromatic rings. The number of nitrogens with two attached hydrogens (primary N) is 5. The van der Waals surface area contributed by atoms with Crippen LogP contribution in [0.4, 0.5) is 32.8 Å².